The molecule has 3 amide bonds. The molecule has 0 aromatic heterocycles. The van der Waals surface area contributed by atoms with Gasteiger partial charge >= 0.3 is 0 Å². The zero-order valence-electron chi connectivity index (χ0n) is 15.7. The number of benzene rings is 2. The van der Waals surface area contributed by atoms with Crippen LogP contribution < -0.4 is 14.8 Å². The van der Waals surface area contributed by atoms with Gasteiger partial charge in [-0.15, -0.1) is 0 Å². The zero-order valence-corrected chi connectivity index (χ0v) is 16.5. The fourth-order valence-electron chi connectivity index (χ4n) is 2.59. The maximum atomic E-state index is 12.6. The third kappa shape index (κ3) is 4.69. The number of imide groups is 1. The highest BCUT2D eigenvalue weighted by atomic mass is 32.2. The number of hydrogen-bond donors (Lipinski definition) is 2. The van der Waals surface area contributed by atoms with Gasteiger partial charge in [-0.3, -0.25) is 19.3 Å². The monoisotopic (exact) mass is 414 g/mol. The highest BCUT2D eigenvalue weighted by molar-refractivity contribution is 8.18. The Morgan fingerprint density at radius 2 is 1.86 bits per heavy atom. The summed E-state index contributed by atoms with van der Waals surface area (Å²) in [5.74, 6) is -0.198. The van der Waals surface area contributed by atoms with Crippen LogP contribution in [0.5, 0.6) is 17.2 Å². The van der Waals surface area contributed by atoms with Crippen LogP contribution in [0, 0.1) is 0 Å². The lowest BCUT2D eigenvalue weighted by Gasteiger charge is -2.12. The van der Waals surface area contributed by atoms with E-state index >= 15 is 0 Å². The number of carbonyl (C=O) groups is 3. The van der Waals surface area contributed by atoms with Gasteiger partial charge in [-0.1, -0.05) is 6.07 Å². The summed E-state index contributed by atoms with van der Waals surface area (Å²) in [4.78, 5) is 38.1. The number of carbonyl (C=O) groups excluding carboxylic acids is 3. The van der Waals surface area contributed by atoms with Crippen molar-refractivity contribution in [3.63, 3.8) is 0 Å². The van der Waals surface area contributed by atoms with Gasteiger partial charge in [0, 0.05) is 5.69 Å². The number of rotatable bonds is 6. The van der Waals surface area contributed by atoms with Crippen molar-refractivity contribution in [2.45, 2.75) is 0 Å². The lowest BCUT2D eigenvalue weighted by Crippen LogP contribution is -2.36. The van der Waals surface area contributed by atoms with Crippen LogP contribution in [0.15, 0.2) is 47.4 Å². The number of ether oxygens (including phenoxy) is 2. The Hall–Kier alpha value is -3.46. The highest BCUT2D eigenvalue weighted by Crippen LogP contribution is 2.34. The molecule has 150 valence electrons. The molecular formula is C20H18N2O6S. The third-order valence-corrected chi connectivity index (χ3v) is 4.96. The van der Waals surface area contributed by atoms with E-state index in [1.54, 1.807) is 36.4 Å². The van der Waals surface area contributed by atoms with Gasteiger partial charge in [0.05, 0.1) is 19.1 Å². The normalized spacial score (nSPS) is 15.0. The number of anilines is 1. The molecular weight excluding hydrogens is 396 g/mol. The Bertz CT molecular complexity index is 987. The molecule has 0 saturated carbocycles. The third-order valence-electron chi connectivity index (χ3n) is 4.05. The number of hydrogen-bond acceptors (Lipinski definition) is 7. The first-order valence-electron chi connectivity index (χ1n) is 8.47. The second-order valence-electron chi connectivity index (χ2n) is 5.98. The molecule has 9 heteroatoms. The van der Waals surface area contributed by atoms with Crippen LogP contribution in [0.3, 0.4) is 0 Å². The van der Waals surface area contributed by atoms with Crippen LogP contribution in [0.1, 0.15) is 5.56 Å². The fraction of sp³-hybridized carbons (Fsp3) is 0.150. The van der Waals surface area contributed by atoms with Gasteiger partial charge in [0.2, 0.25) is 5.91 Å². The van der Waals surface area contributed by atoms with E-state index < -0.39 is 23.6 Å². The van der Waals surface area contributed by atoms with Crippen LogP contribution in [0.4, 0.5) is 10.5 Å². The molecule has 1 saturated heterocycles. The van der Waals surface area contributed by atoms with Crippen molar-refractivity contribution in [2.75, 3.05) is 26.1 Å². The number of aromatic hydroxyl groups is 1. The number of nitrogens with one attached hydrogen (secondary N) is 1. The van der Waals surface area contributed by atoms with E-state index in [9.17, 15) is 19.5 Å². The molecule has 8 nitrogen and oxygen atoms in total. The lowest BCUT2D eigenvalue weighted by molar-refractivity contribution is -0.127. The van der Waals surface area contributed by atoms with Crippen molar-refractivity contribution in [2.24, 2.45) is 0 Å². The molecule has 3 rings (SSSR count). The fourth-order valence-corrected chi connectivity index (χ4v) is 3.43. The van der Waals surface area contributed by atoms with Crippen LogP contribution >= 0.6 is 11.8 Å². The standard InChI is InChI=1S/C20H18N2O6S/c1-27-14-6-4-13(5-7-14)21-18(24)11-22-19(25)17(29-20(22)26)10-12-3-8-15(23)16(9-12)28-2/h3-10,23H,11H2,1-2H3,(H,21,24). The molecule has 1 aliphatic heterocycles. The summed E-state index contributed by atoms with van der Waals surface area (Å²) < 4.78 is 10.1. The smallest absolute Gasteiger partial charge is 0.294 e. The molecule has 0 unspecified atom stereocenters. The Balaban J connectivity index is 1.69. The maximum absolute atomic E-state index is 12.6. The average molecular weight is 414 g/mol. The summed E-state index contributed by atoms with van der Waals surface area (Å²) in [6.45, 7) is -0.396. The first-order valence-corrected chi connectivity index (χ1v) is 9.29. The number of phenols is 1. The van der Waals surface area contributed by atoms with Crippen LogP contribution in [0.25, 0.3) is 6.08 Å². The van der Waals surface area contributed by atoms with E-state index in [4.69, 9.17) is 9.47 Å². The second kappa shape index (κ2) is 8.70. The molecule has 29 heavy (non-hydrogen) atoms. The molecule has 0 spiro atoms. The Morgan fingerprint density at radius 1 is 1.14 bits per heavy atom. The van der Waals surface area contributed by atoms with Crippen molar-refractivity contribution < 1.29 is 29.0 Å². The summed E-state index contributed by atoms with van der Waals surface area (Å²) >= 11 is 0.746. The molecule has 0 bridgehead atoms. The van der Waals surface area contributed by atoms with E-state index in [0.717, 1.165) is 16.7 Å². The molecule has 0 aliphatic carbocycles. The minimum absolute atomic E-state index is 0.0343. The summed E-state index contributed by atoms with van der Waals surface area (Å²) in [6, 6.07) is 11.2. The van der Waals surface area contributed by atoms with Crippen molar-refractivity contribution in [3.05, 3.63) is 52.9 Å². The van der Waals surface area contributed by atoms with Crippen molar-refractivity contribution >= 4 is 40.6 Å². The molecule has 2 aromatic carbocycles. The first kappa shape index (κ1) is 20.3. The van der Waals surface area contributed by atoms with Gasteiger partial charge in [0.25, 0.3) is 11.1 Å². The maximum Gasteiger partial charge on any atom is 0.294 e. The quantitative estimate of drug-likeness (QED) is 0.700. The average Bonchev–Trinajstić information content (AvgIpc) is 2.97. The second-order valence-corrected chi connectivity index (χ2v) is 6.97. The topological polar surface area (TPSA) is 105 Å². The van der Waals surface area contributed by atoms with E-state index in [1.807, 2.05) is 0 Å². The predicted octanol–water partition coefficient (Wildman–Crippen LogP) is 3.08. The summed E-state index contributed by atoms with van der Waals surface area (Å²) in [5.41, 5.74) is 1.10. The van der Waals surface area contributed by atoms with Crippen molar-refractivity contribution in [1.29, 1.82) is 0 Å². The van der Waals surface area contributed by atoms with Gasteiger partial charge in [-0.2, -0.15) is 0 Å². The lowest BCUT2D eigenvalue weighted by atomic mass is 10.2. The number of thioether (sulfide) groups is 1. The summed E-state index contributed by atoms with van der Waals surface area (Å²) in [6.07, 6.45) is 1.51. The number of phenolic OH excluding ortho intramolecular Hbond substituents is 1. The van der Waals surface area contributed by atoms with E-state index in [0.29, 0.717) is 17.0 Å². The molecule has 1 aliphatic rings. The summed E-state index contributed by atoms with van der Waals surface area (Å²) in [7, 11) is 2.95. The largest absolute Gasteiger partial charge is 0.504 e. The summed E-state index contributed by atoms with van der Waals surface area (Å²) in [5, 5.41) is 11.8. The predicted molar refractivity (Wildman–Crippen MR) is 109 cm³/mol. The van der Waals surface area contributed by atoms with Gasteiger partial charge in [-0.05, 0) is 59.8 Å². The van der Waals surface area contributed by atoms with Gasteiger partial charge < -0.3 is 19.9 Å². The van der Waals surface area contributed by atoms with Gasteiger partial charge in [-0.25, -0.2) is 0 Å². The molecule has 1 fully saturated rings. The van der Waals surface area contributed by atoms with Gasteiger partial charge in [0.15, 0.2) is 11.5 Å². The molecule has 0 atom stereocenters. The van der Waals surface area contributed by atoms with Crippen LogP contribution in [-0.2, 0) is 9.59 Å². The van der Waals surface area contributed by atoms with Gasteiger partial charge in [0.1, 0.15) is 12.3 Å². The van der Waals surface area contributed by atoms with E-state index in [2.05, 4.69) is 5.32 Å². The number of nitrogens with zero attached hydrogens (tertiary/aromatic N) is 1. The zero-order chi connectivity index (χ0) is 21.0. The molecule has 1 heterocycles. The molecule has 0 radical (unpaired) electrons. The molecule has 2 aromatic rings. The SMILES string of the molecule is COc1ccc(NC(=O)CN2C(=O)SC(=Cc3ccc(O)c(OC)c3)C2=O)cc1. The van der Waals surface area contributed by atoms with Crippen molar-refractivity contribution in [1.82, 2.24) is 4.90 Å². The van der Waals surface area contributed by atoms with E-state index in [-0.39, 0.29) is 16.4 Å². The Morgan fingerprint density at radius 3 is 2.52 bits per heavy atom. The highest BCUT2D eigenvalue weighted by Gasteiger charge is 2.36. The van der Waals surface area contributed by atoms with Crippen molar-refractivity contribution in [3.8, 4) is 17.2 Å². The molecule has 2 N–H and O–H groups in total. The Kier molecular flexibility index (Phi) is 6.08. The minimum atomic E-state index is -0.558. The number of amides is 3. The van der Waals surface area contributed by atoms with E-state index in [1.165, 1.54) is 26.4 Å². The van der Waals surface area contributed by atoms with Crippen LogP contribution in [0.2, 0.25) is 0 Å². The Labute approximate surface area is 171 Å². The first-order chi connectivity index (χ1) is 13.9. The number of methoxy groups -OCH3 is 2. The van der Waals surface area contributed by atoms with Crippen LogP contribution in [-0.4, -0.2) is 47.8 Å². The minimum Gasteiger partial charge on any atom is -0.504 e.